The Morgan fingerprint density at radius 1 is 1.36 bits per heavy atom. The largest absolute Gasteiger partial charge is 0.302 e. The van der Waals surface area contributed by atoms with E-state index in [1.807, 2.05) is 0 Å². The molecular weight excluding hydrogens is 217 g/mol. The first kappa shape index (κ1) is 13.7. The van der Waals surface area contributed by atoms with Crippen LogP contribution in [0.4, 0.5) is 12.7 Å². The van der Waals surface area contributed by atoms with Crippen LogP contribution in [0, 0.1) is 5.92 Å². The minimum atomic E-state index is -4.55. The summed E-state index contributed by atoms with van der Waals surface area (Å²) in [5.41, 5.74) is 0. The van der Waals surface area contributed by atoms with Crippen LogP contribution in [-0.4, -0.2) is 20.1 Å². The Morgan fingerprint density at radius 3 is 2.14 bits per heavy atom. The Labute approximate surface area is 82.7 Å². The summed E-state index contributed by atoms with van der Waals surface area (Å²) >= 11 is 0. The second kappa shape index (κ2) is 5.00. The molecule has 0 aliphatic rings. The third-order valence-corrected chi connectivity index (χ3v) is 2.87. The van der Waals surface area contributed by atoms with Crippen LogP contribution in [0.2, 0.25) is 0 Å². The number of rotatable bonds is 6. The Kier molecular flexibility index (Phi) is 4.91. The molecule has 1 unspecified atom stereocenters. The molecular formula is C8H15F3O2S. The fraction of sp³-hybridized carbons (Fsp3) is 1.00. The summed E-state index contributed by atoms with van der Waals surface area (Å²) in [5, 5.41) is 0. The van der Waals surface area contributed by atoms with Gasteiger partial charge in [0, 0.05) is 6.42 Å². The maximum Gasteiger partial charge on any atom is 0.302 e. The zero-order valence-electron chi connectivity index (χ0n) is 8.26. The van der Waals surface area contributed by atoms with E-state index in [1.54, 1.807) is 6.92 Å². The molecule has 0 aliphatic carbocycles. The van der Waals surface area contributed by atoms with Gasteiger partial charge in [0.2, 0.25) is 5.92 Å². The van der Waals surface area contributed by atoms with Gasteiger partial charge in [0.05, 0.1) is 5.75 Å². The number of halogens is 3. The van der Waals surface area contributed by atoms with E-state index in [2.05, 4.69) is 0 Å². The van der Waals surface area contributed by atoms with E-state index in [1.165, 1.54) is 0 Å². The minimum absolute atomic E-state index is 0.0309. The van der Waals surface area contributed by atoms with Crippen LogP contribution < -0.4 is 0 Å². The van der Waals surface area contributed by atoms with Crippen LogP contribution >= 0.6 is 0 Å². The molecule has 14 heavy (non-hydrogen) atoms. The van der Waals surface area contributed by atoms with E-state index < -0.39 is 34.2 Å². The van der Waals surface area contributed by atoms with Crippen molar-refractivity contribution in [2.24, 2.45) is 5.92 Å². The van der Waals surface area contributed by atoms with Crippen LogP contribution in [0.3, 0.4) is 0 Å². The highest BCUT2D eigenvalue weighted by molar-refractivity contribution is 7.86. The van der Waals surface area contributed by atoms with Gasteiger partial charge >= 0.3 is 10.2 Å². The molecule has 0 aliphatic heterocycles. The molecule has 0 aromatic rings. The fourth-order valence-electron chi connectivity index (χ4n) is 1.14. The van der Waals surface area contributed by atoms with Gasteiger partial charge in [-0.3, -0.25) is 0 Å². The van der Waals surface area contributed by atoms with E-state index in [0.717, 1.165) is 6.92 Å². The van der Waals surface area contributed by atoms with Crippen molar-refractivity contribution in [1.29, 1.82) is 0 Å². The van der Waals surface area contributed by atoms with E-state index in [-0.39, 0.29) is 6.42 Å². The van der Waals surface area contributed by atoms with Gasteiger partial charge < -0.3 is 0 Å². The van der Waals surface area contributed by atoms with Gasteiger partial charge in [-0.1, -0.05) is 13.3 Å². The Hall–Kier alpha value is -0.260. The number of alkyl halides is 2. The van der Waals surface area contributed by atoms with Gasteiger partial charge in [0.1, 0.15) is 0 Å². The van der Waals surface area contributed by atoms with E-state index in [9.17, 15) is 21.1 Å². The summed E-state index contributed by atoms with van der Waals surface area (Å²) in [6.07, 6.45) is 0.0173. The standard InChI is InChI=1S/C8H15F3O2S/c1-3-7(6-14(11,12)13)4-5-8(2,9)10/h7H,3-6H2,1-2H3. The first-order valence-corrected chi connectivity index (χ1v) is 5.99. The van der Waals surface area contributed by atoms with Gasteiger partial charge in [0.25, 0.3) is 0 Å². The molecule has 0 aromatic heterocycles. The van der Waals surface area contributed by atoms with Gasteiger partial charge in [-0.05, 0) is 19.3 Å². The summed E-state index contributed by atoms with van der Waals surface area (Å²) in [6.45, 7) is 2.42. The fourth-order valence-corrected chi connectivity index (χ4v) is 2.11. The van der Waals surface area contributed by atoms with Gasteiger partial charge in [-0.15, -0.1) is 3.89 Å². The van der Waals surface area contributed by atoms with Gasteiger partial charge in [0.15, 0.2) is 0 Å². The molecule has 0 bridgehead atoms. The summed E-state index contributed by atoms with van der Waals surface area (Å²) in [4.78, 5) is 0. The lowest BCUT2D eigenvalue weighted by atomic mass is 10.0. The predicted molar refractivity (Wildman–Crippen MR) is 48.5 cm³/mol. The van der Waals surface area contributed by atoms with Gasteiger partial charge in [-0.25, -0.2) is 8.78 Å². The zero-order valence-corrected chi connectivity index (χ0v) is 9.08. The Balaban J connectivity index is 4.06. The van der Waals surface area contributed by atoms with Crippen LogP contribution in [0.15, 0.2) is 0 Å². The highest BCUT2D eigenvalue weighted by Crippen LogP contribution is 2.24. The summed E-state index contributed by atoms with van der Waals surface area (Å²) in [5.74, 6) is -3.98. The van der Waals surface area contributed by atoms with Crippen molar-refractivity contribution in [2.45, 2.75) is 39.0 Å². The molecule has 0 radical (unpaired) electrons. The SMILES string of the molecule is CCC(CCC(C)(F)F)CS(=O)(=O)F. The Bertz CT molecular complexity index is 256. The maximum absolute atomic E-state index is 12.4. The Morgan fingerprint density at radius 2 is 1.86 bits per heavy atom. The maximum atomic E-state index is 12.4. The molecule has 6 heteroatoms. The highest BCUT2D eigenvalue weighted by Gasteiger charge is 2.24. The van der Waals surface area contributed by atoms with Crippen molar-refractivity contribution >= 4 is 10.2 Å². The van der Waals surface area contributed by atoms with Crippen molar-refractivity contribution < 1.29 is 21.1 Å². The average Bonchev–Trinajstić information content (AvgIpc) is 1.94. The molecule has 0 fully saturated rings. The van der Waals surface area contributed by atoms with Crippen LogP contribution in [0.25, 0.3) is 0 Å². The first-order chi connectivity index (χ1) is 6.14. The van der Waals surface area contributed by atoms with Crippen molar-refractivity contribution in [3.63, 3.8) is 0 Å². The summed E-state index contributed by atoms with van der Waals surface area (Å²) in [6, 6.07) is 0. The third kappa shape index (κ3) is 8.34. The van der Waals surface area contributed by atoms with E-state index >= 15 is 0 Å². The highest BCUT2D eigenvalue weighted by atomic mass is 32.3. The molecule has 0 N–H and O–H groups in total. The lowest BCUT2D eigenvalue weighted by molar-refractivity contribution is 0.00719. The predicted octanol–water partition coefficient (Wildman–Crippen LogP) is 2.75. The number of hydrogen-bond donors (Lipinski definition) is 0. The second-order valence-electron chi connectivity index (χ2n) is 3.59. The molecule has 1 atom stereocenters. The van der Waals surface area contributed by atoms with Gasteiger partial charge in [-0.2, -0.15) is 8.42 Å². The number of hydrogen-bond acceptors (Lipinski definition) is 2. The molecule has 0 saturated carbocycles. The molecule has 0 rings (SSSR count). The lowest BCUT2D eigenvalue weighted by Crippen LogP contribution is -2.17. The van der Waals surface area contributed by atoms with E-state index in [4.69, 9.17) is 0 Å². The summed E-state index contributed by atoms with van der Waals surface area (Å²) in [7, 11) is -4.55. The molecule has 0 spiro atoms. The smallest absolute Gasteiger partial charge is 0.207 e. The average molecular weight is 232 g/mol. The normalized spacial score (nSPS) is 15.5. The minimum Gasteiger partial charge on any atom is -0.207 e. The summed E-state index contributed by atoms with van der Waals surface area (Å²) < 4.78 is 57.6. The molecule has 86 valence electrons. The topological polar surface area (TPSA) is 34.1 Å². The van der Waals surface area contributed by atoms with Crippen molar-refractivity contribution in [2.75, 3.05) is 5.75 Å². The van der Waals surface area contributed by atoms with Crippen LogP contribution in [0.5, 0.6) is 0 Å². The second-order valence-corrected chi connectivity index (χ2v) is 5.00. The molecule has 0 amide bonds. The molecule has 0 heterocycles. The monoisotopic (exact) mass is 232 g/mol. The lowest BCUT2D eigenvalue weighted by Gasteiger charge is -2.15. The van der Waals surface area contributed by atoms with Crippen molar-refractivity contribution in [3.05, 3.63) is 0 Å². The first-order valence-electron chi connectivity index (χ1n) is 4.44. The van der Waals surface area contributed by atoms with Crippen molar-refractivity contribution in [1.82, 2.24) is 0 Å². The molecule has 2 nitrogen and oxygen atoms in total. The van der Waals surface area contributed by atoms with Crippen LogP contribution in [0.1, 0.15) is 33.1 Å². The van der Waals surface area contributed by atoms with E-state index in [0.29, 0.717) is 6.42 Å². The molecule has 0 saturated heterocycles. The quantitative estimate of drug-likeness (QED) is 0.660. The zero-order chi connectivity index (χ0) is 11.4. The van der Waals surface area contributed by atoms with Crippen LogP contribution in [-0.2, 0) is 10.2 Å². The van der Waals surface area contributed by atoms with Crippen molar-refractivity contribution in [3.8, 4) is 0 Å². The molecule has 0 aromatic carbocycles. The third-order valence-electron chi connectivity index (χ3n) is 2.00.